The molecule has 4 nitrogen and oxygen atoms in total. The Balaban J connectivity index is 1.94. The Morgan fingerprint density at radius 3 is 2.55 bits per heavy atom. The summed E-state index contributed by atoms with van der Waals surface area (Å²) < 4.78 is 7.95. The van der Waals surface area contributed by atoms with Crippen LogP contribution in [0.4, 0.5) is 0 Å². The van der Waals surface area contributed by atoms with Crippen molar-refractivity contribution in [3.8, 4) is 5.75 Å². The molecule has 1 amide bonds. The summed E-state index contributed by atoms with van der Waals surface area (Å²) in [6.07, 6.45) is 2.12. The van der Waals surface area contributed by atoms with E-state index >= 15 is 0 Å². The maximum atomic E-state index is 12.1. The lowest BCUT2D eigenvalue weighted by Crippen LogP contribution is -2.11. The van der Waals surface area contributed by atoms with E-state index in [0.717, 1.165) is 46.0 Å². The zero-order valence-electron chi connectivity index (χ0n) is 16.9. The number of ether oxygens (including phenoxy) is 1. The average molecular weight is 386 g/mol. The van der Waals surface area contributed by atoms with Gasteiger partial charge in [-0.3, -0.25) is 4.79 Å². The third-order valence-electron chi connectivity index (χ3n) is 5.31. The summed E-state index contributed by atoms with van der Waals surface area (Å²) >= 11 is 0. The number of benzene rings is 3. The number of hydrogen-bond acceptors (Lipinski definition) is 2. The van der Waals surface area contributed by atoms with Crippen LogP contribution in [0.15, 0.2) is 60.7 Å². The minimum atomic E-state index is -0.398. The second-order valence-electron chi connectivity index (χ2n) is 7.33. The molecule has 4 heteroatoms. The molecule has 0 saturated carbocycles. The van der Waals surface area contributed by atoms with Gasteiger partial charge in [-0.1, -0.05) is 43.7 Å². The molecule has 0 unspecified atom stereocenters. The number of nitrogens with two attached hydrogens (primary N) is 1. The van der Waals surface area contributed by atoms with Gasteiger partial charge in [0, 0.05) is 28.4 Å². The van der Waals surface area contributed by atoms with Gasteiger partial charge < -0.3 is 15.0 Å². The molecule has 0 bridgehead atoms. The van der Waals surface area contributed by atoms with Crippen molar-refractivity contribution in [1.29, 1.82) is 0 Å². The number of fused-ring (bicyclic) bond motifs is 3. The van der Waals surface area contributed by atoms with E-state index in [4.69, 9.17) is 10.5 Å². The van der Waals surface area contributed by atoms with Crippen LogP contribution in [0.1, 0.15) is 41.8 Å². The van der Waals surface area contributed by atoms with E-state index in [0.29, 0.717) is 18.7 Å². The standard InChI is InChI=1S/C25H26N2O2/c1-3-7-17-12-13-20-23(15-17)27(16-18-8-5-9-19(14-18)29-4-2)22-11-6-10-21(24(20)22)25(26)28/h5-6,8-15H,3-4,7,16H2,1-2H3,(H2,26,28). The number of aromatic nitrogens is 1. The van der Waals surface area contributed by atoms with Crippen LogP contribution < -0.4 is 10.5 Å². The maximum absolute atomic E-state index is 12.1. The van der Waals surface area contributed by atoms with Crippen molar-refractivity contribution in [3.05, 3.63) is 77.4 Å². The van der Waals surface area contributed by atoms with Gasteiger partial charge in [-0.25, -0.2) is 0 Å². The fourth-order valence-corrected chi connectivity index (χ4v) is 4.09. The smallest absolute Gasteiger partial charge is 0.249 e. The van der Waals surface area contributed by atoms with Crippen LogP contribution in [0.2, 0.25) is 0 Å². The largest absolute Gasteiger partial charge is 0.494 e. The van der Waals surface area contributed by atoms with Crippen molar-refractivity contribution in [1.82, 2.24) is 4.57 Å². The van der Waals surface area contributed by atoms with Crippen LogP contribution in [0.25, 0.3) is 21.8 Å². The Labute approximate surface area is 170 Å². The first kappa shape index (κ1) is 19.1. The molecule has 29 heavy (non-hydrogen) atoms. The van der Waals surface area contributed by atoms with Crippen LogP contribution in [0.5, 0.6) is 5.75 Å². The van der Waals surface area contributed by atoms with Gasteiger partial charge in [0.25, 0.3) is 0 Å². The SMILES string of the molecule is CCCc1ccc2c3c(C(N)=O)cccc3n(Cc3cccc(OCC)c3)c2c1. The highest BCUT2D eigenvalue weighted by Gasteiger charge is 2.17. The van der Waals surface area contributed by atoms with Gasteiger partial charge in [0.1, 0.15) is 5.75 Å². The predicted octanol–water partition coefficient (Wildman–Crippen LogP) is 5.29. The highest BCUT2D eigenvalue weighted by atomic mass is 16.5. The summed E-state index contributed by atoms with van der Waals surface area (Å²) in [7, 11) is 0. The third kappa shape index (κ3) is 3.58. The van der Waals surface area contributed by atoms with Gasteiger partial charge in [0.15, 0.2) is 0 Å². The molecule has 148 valence electrons. The molecule has 1 heterocycles. The van der Waals surface area contributed by atoms with E-state index in [1.54, 1.807) is 0 Å². The van der Waals surface area contributed by atoms with Crippen LogP contribution in [-0.4, -0.2) is 17.1 Å². The molecule has 2 N–H and O–H groups in total. The second kappa shape index (κ2) is 8.00. The number of nitrogens with zero attached hydrogens (tertiary/aromatic N) is 1. The molecule has 0 saturated heterocycles. The number of carbonyl (C=O) groups excluding carboxylic acids is 1. The first-order valence-electron chi connectivity index (χ1n) is 10.2. The van der Waals surface area contributed by atoms with E-state index in [1.165, 1.54) is 5.56 Å². The van der Waals surface area contributed by atoms with Crippen molar-refractivity contribution in [2.75, 3.05) is 6.61 Å². The maximum Gasteiger partial charge on any atom is 0.249 e. The number of carbonyl (C=O) groups is 1. The van der Waals surface area contributed by atoms with Gasteiger partial charge in [-0.2, -0.15) is 0 Å². The Morgan fingerprint density at radius 2 is 1.79 bits per heavy atom. The van der Waals surface area contributed by atoms with E-state index in [2.05, 4.69) is 47.9 Å². The number of hydrogen-bond donors (Lipinski definition) is 1. The van der Waals surface area contributed by atoms with E-state index in [1.807, 2.05) is 31.2 Å². The molecule has 4 aromatic rings. The molecule has 0 aliphatic heterocycles. The second-order valence-corrected chi connectivity index (χ2v) is 7.33. The van der Waals surface area contributed by atoms with E-state index in [9.17, 15) is 4.79 Å². The molecule has 4 rings (SSSR count). The molecular formula is C25H26N2O2. The van der Waals surface area contributed by atoms with Crippen molar-refractivity contribution < 1.29 is 9.53 Å². The van der Waals surface area contributed by atoms with Gasteiger partial charge >= 0.3 is 0 Å². The molecule has 0 aliphatic rings. The molecule has 0 radical (unpaired) electrons. The van der Waals surface area contributed by atoms with Crippen LogP contribution in [0, 0.1) is 0 Å². The van der Waals surface area contributed by atoms with Crippen LogP contribution in [-0.2, 0) is 13.0 Å². The molecule has 3 aromatic carbocycles. The van der Waals surface area contributed by atoms with Crippen molar-refractivity contribution in [3.63, 3.8) is 0 Å². The van der Waals surface area contributed by atoms with Crippen LogP contribution in [0.3, 0.4) is 0 Å². The highest BCUT2D eigenvalue weighted by Crippen LogP contribution is 2.33. The number of aryl methyl sites for hydroxylation is 1. The number of rotatable bonds is 7. The fraction of sp³-hybridized carbons (Fsp3) is 0.240. The molecule has 0 fully saturated rings. The zero-order chi connectivity index (χ0) is 20.4. The Morgan fingerprint density at radius 1 is 0.966 bits per heavy atom. The number of amides is 1. The van der Waals surface area contributed by atoms with Crippen molar-refractivity contribution >= 4 is 27.7 Å². The first-order valence-corrected chi connectivity index (χ1v) is 10.2. The van der Waals surface area contributed by atoms with E-state index < -0.39 is 5.91 Å². The zero-order valence-corrected chi connectivity index (χ0v) is 16.9. The minimum absolute atomic E-state index is 0.398. The average Bonchev–Trinajstić information content (AvgIpc) is 3.02. The highest BCUT2D eigenvalue weighted by molar-refractivity contribution is 6.18. The summed E-state index contributed by atoms with van der Waals surface area (Å²) in [5, 5.41) is 1.99. The van der Waals surface area contributed by atoms with Crippen molar-refractivity contribution in [2.45, 2.75) is 33.2 Å². The number of primary amides is 1. The lowest BCUT2D eigenvalue weighted by Gasteiger charge is -2.11. The topological polar surface area (TPSA) is 57.2 Å². The predicted molar refractivity (Wildman–Crippen MR) is 119 cm³/mol. The molecule has 1 aromatic heterocycles. The third-order valence-corrected chi connectivity index (χ3v) is 5.31. The summed E-state index contributed by atoms with van der Waals surface area (Å²) in [6.45, 7) is 5.50. The lowest BCUT2D eigenvalue weighted by atomic mass is 10.0. The van der Waals surface area contributed by atoms with Crippen LogP contribution >= 0.6 is 0 Å². The summed E-state index contributed by atoms with van der Waals surface area (Å²) in [5.74, 6) is 0.473. The van der Waals surface area contributed by atoms with Crippen molar-refractivity contribution in [2.24, 2.45) is 5.73 Å². The summed E-state index contributed by atoms with van der Waals surface area (Å²) in [4.78, 5) is 12.1. The minimum Gasteiger partial charge on any atom is -0.494 e. The van der Waals surface area contributed by atoms with Gasteiger partial charge in [0.2, 0.25) is 5.91 Å². The quantitative estimate of drug-likeness (QED) is 0.469. The molecule has 0 aliphatic carbocycles. The Bertz CT molecular complexity index is 1190. The van der Waals surface area contributed by atoms with E-state index in [-0.39, 0.29) is 0 Å². The van der Waals surface area contributed by atoms with Gasteiger partial charge in [0.05, 0.1) is 12.1 Å². The first-order chi connectivity index (χ1) is 14.1. The van der Waals surface area contributed by atoms with Gasteiger partial charge in [-0.05, 0) is 54.8 Å². The summed E-state index contributed by atoms with van der Waals surface area (Å²) in [6, 6.07) is 20.5. The molecule has 0 spiro atoms. The molecular weight excluding hydrogens is 360 g/mol. The lowest BCUT2D eigenvalue weighted by molar-refractivity contribution is 0.100. The normalized spacial score (nSPS) is 11.2. The Kier molecular flexibility index (Phi) is 5.26. The molecule has 0 atom stereocenters. The monoisotopic (exact) mass is 386 g/mol. The van der Waals surface area contributed by atoms with Gasteiger partial charge in [-0.15, -0.1) is 0 Å². The Hall–Kier alpha value is -3.27. The summed E-state index contributed by atoms with van der Waals surface area (Å²) in [5.41, 5.74) is 10.9. The fourth-order valence-electron chi connectivity index (χ4n) is 4.09.